The highest BCUT2D eigenvalue weighted by molar-refractivity contribution is 7.92. The van der Waals surface area contributed by atoms with Crippen LogP contribution in [0.3, 0.4) is 0 Å². The van der Waals surface area contributed by atoms with Crippen molar-refractivity contribution in [1.29, 1.82) is 0 Å². The summed E-state index contributed by atoms with van der Waals surface area (Å²) in [6.07, 6.45) is 2.40. The lowest BCUT2D eigenvalue weighted by molar-refractivity contribution is 0.600. The van der Waals surface area contributed by atoms with Crippen molar-refractivity contribution in [2.24, 2.45) is 0 Å². The van der Waals surface area contributed by atoms with Gasteiger partial charge in [0.15, 0.2) is 5.82 Å². The molecule has 0 aliphatic heterocycles. The molecule has 0 unspecified atom stereocenters. The third-order valence-electron chi connectivity index (χ3n) is 3.15. The van der Waals surface area contributed by atoms with Gasteiger partial charge in [-0.3, -0.25) is 9.82 Å². The van der Waals surface area contributed by atoms with Gasteiger partial charge in [0, 0.05) is 17.4 Å². The Kier molecular flexibility index (Phi) is 4.52. The molecule has 0 aliphatic rings. The molecule has 0 spiro atoms. The number of aryl methyl sites for hydroxylation is 2. The van der Waals surface area contributed by atoms with Crippen molar-refractivity contribution in [2.75, 3.05) is 10.5 Å². The summed E-state index contributed by atoms with van der Waals surface area (Å²) < 4.78 is 27.4. The van der Waals surface area contributed by atoms with E-state index in [4.69, 9.17) is 5.73 Å². The Morgan fingerprint density at radius 1 is 1.29 bits per heavy atom. The molecule has 0 amide bonds. The maximum absolute atomic E-state index is 12.5. The quantitative estimate of drug-likeness (QED) is 0.713. The van der Waals surface area contributed by atoms with E-state index in [1.54, 1.807) is 18.2 Å². The second kappa shape index (κ2) is 6.17. The van der Waals surface area contributed by atoms with Gasteiger partial charge in [-0.25, -0.2) is 8.42 Å². The summed E-state index contributed by atoms with van der Waals surface area (Å²) in [4.78, 5) is 0.199. The molecule has 0 atom stereocenters. The Balaban J connectivity index is 2.31. The zero-order valence-electron chi connectivity index (χ0n) is 12.2. The van der Waals surface area contributed by atoms with Crippen LogP contribution in [0.1, 0.15) is 31.5 Å². The first kappa shape index (κ1) is 15.4. The number of nitrogens with one attached hydrogen (secondary N) is 2. The molecule has 0 bridgehead atoms. The van der Waals surface area contributed by atoms with Crippen molar-refractivity contribution in [3.8, 4) is 0 Å². The number of nitrogens with zero attached hydrogens (tertiary/aromatic N) is 1. The SMILES string of the molecule is CCCc1cc(NS(=O)(=O)c2cc(N)ccc2CC)n[nH]1. The highest BCUT2D eigenvalue weighted by atomic mass is 32.2. The van der Waals surface area contributed by atoms with Crippen LogP contribution in [0.15, 0.2) is 29.2 Å². The van der Waals surface area contributed by atoms with Gasteiger partial charge < -0.3 is 5.73 Å². The minimum Gasteiger partial charge on any atom is -0.399 e. The van der Waals surface area contributed by atoms with Crippen LogP contribution in [0, 0.1) is 0 Å². The fourth-order valence-electron chi connectivity index (χ4n) is 2.12. The fourth-order valence-corrected chi connectivity index (χ4v) is 3.46. The first-order chi connectivity index (χ1) is 9.96. The van der Waals surface area contributed by atoms with Crippen LogP contribution >= 0.6 is 0 Å². The molecule has 114 valence electrons. The second-order valence-corrected chi connectivity index (χ2v) is 6.51. The van der Waals surface area contributed by atoms with E-state index in [9.17, 15) is 8.42 Å². The molecule has 1 aromatic carbocycles. The van der Waals surface area contributed by atoms with Gasteiger partial charge in [0.25, 0.3) is 10.0 Å². The summed E-state index contributed by atoms with van der Waals surface area (Å²) >= 11 is 0. The lowest BCUT2D eigenvalue weighted by Crippen LogP contribution is -2.15. The maximum atomic E-state index is 12.5. The number of aromatic amines is 1. The van der Waals surface area contributed by atoms with E-state index in [0.29, 0.717) is 17.9 Å². The molecule has 6 nitrogen and oxygen atoms in total. The third-order valence-corrected chi connectivity index (χ3v) is 4.59. The van der Waals surface area contributed by atoms with Gasteiger partial charge in [0.05, 0.1) is 4.90 Å². The monoisotopic (exact) mass is 308 g/mol. The van der Waals surface area contributed by atoms with Crippen molar-refractivity contribution >= 4 is 21.5 Å². The number of nitrogens with two attached hydrogens (primary N) is 1. The Morgan fingerprint density at radius 3 is 2.71 bits per heavy atom. The van der Waals surface area contributed by atoms with Gasteiger partial charge in [0.2, 0.25) is 0 Å². The topological polar surface area (TPSA) is 101 Å². The summed E-state index contributed by atoms with van der Waals surface area (Å²) in [6, 6.07) is 6.61. The van der Waals surface area contributed by atoms with E-state index in [2.05, 4.69) is 14.9 Å². The number of benzene rings is 1. The van der Waals surface area contributed by atoms with Crippen LogP contribution in [0.25, 0.3) is 0 Å². The molecule has 1 aromatic heterocycles. The van der Waals surface area contributed by atoms with Crippen LogP contribution in [0.4, 0.5) is 11.5 Å². The first-order valence-corrected chi connectivity index (χ1v) is 8.40. The van der Waals surface area contributed by atoms with Gasteiger partial charge in [0.1, 0.15) is 0 Å². The smallest absolute Gasteiger partial charge is 0.263 e. The van der Waals surface area contributed by atoms with E-state index in [1.165, 1.54) is 6.07 Å². The summed E-state index contributed by atoms with van der Waals surface area (Å²) in [6.45, 7) is 3.95. The predicted molar refractivity (Wildman–Crippen MR) is 83.6 cm³/mol. The van der Waals surface area contributed by atoms with Crippen LogP contribution < -0.4 is 10.5 Å². The van der Waals surface area contributed by atoms with Crippen molar-refractivity contribution in [1.82, 2.24) is 10.2 Å². The molecular weight excluding hydrogens is 288 g/mol. The zero-order chi connectivity index (χ0) is 15.5. The highest BCUT2D eigenvalue weighted by Crippen LogP contribution is 2.22. The number of hydrogen-bond donors (Lipinski definition) is 3. The number of rotatable bonds is 6. The second-order valence-electron chi connectivity index (χ2n) is 4.85. The van der Waals surface area contributed by atoms with Crippen LogP contribution in [-0.4, -0.2) is 18.6 Å². The minimum absolute atomic E-state index is 0.199. The summed E-state index contributed by atoms with van der Waals surface area (Å²) in [5, 5.41) is 6.80. The Morgan fingerprint density at radius 2 is 2.05 bits per heavy atom. The van der Waals surface area contributed by atoms with Crippen molar-refractivity contribution in [3.63, 3.8) is 0 Å². The van der Waals surface area contributed by atoms with Gasteiger partial charge in [-0.05, 0) is 30.5 Å². The lowest BCUT2D eigenvalue weighted by atomic mass is 10.1. The molecule has 4 N–H and O–H groups in total. The van der Waals surface area contributed by atoms with E-state index in [1.807, 2.05) is 13.8 Å². The fraction of sp³-hybridized carbons (Fsp3) is 0.357. The average Bonchev–Trinajstić information content (AvgIpc) is 2.86. The lowest BCUT2D eigenvalue weighted by Gasteiger charge is -2.10. The Bertz CT molecular complexity index is 722. The molecular formula is C14H20N4O2S. The van der Waals surface area contributed by atoms with E-state index < -0.39 is 10.0 Å². The van der Waals surface area contributed by atoms with Gasteiger partial charge in [-0.1, -0.05) is 26.3 Å². The Hall–Kier alpha value is -2.02. The molecule has 21 heavy (non-hydrogen) atoms. The highest BCUT2D eigenvalue weighted by Gasteiger charge is 2.19. The molecule has 0 saturated carbocycles. The van der Waals surface area contributed by atoms with Crippen molar-refractivity contribution in [2.45, 2.75) is 38.0 Å². The molecule has 1 heterocycles. The Labute approximate surface area is 124 Å². The van der Waals surface area contributed by atoms with E-state index >= 15 is 0 Å². The maximum Gasteiger partial charge on any atom is 0.263 e. The number of aromatic nitrogens is 2. The molecule has 2 rings (SSSR count). The standard InChI is InChI=1S/C14H20N4O2S/c1-3-5-12-9-14(17-16-12)18-21(19,20)13-8-11(15)7-6-10(13)4-2/h6-9H,3-5,15H2,1-2H3,(H2,16,17,18). The van der Waals surface area contributed by atoms with Crippen molar-refractivity contribution < 1.29 is 8.42 Å². The largest absolute Gasteiger partial charge is 0.399 e. The van der Waals surface area contributed by atoms with E-state index in [-0.39, 0.29) is 4.90 Å². The first-order valence-electron chi connectivity index (χ1n) is 6.91. The van der Waals surface area contributed by atoms with Crippen LogP contribution in [0.2, 0.25) is 0 Å². The van der Waals surface area contributed by atoms with E-state index in [0.717, 1.165) is 24.1 Å². The van der Waals surface area contributed by atoms with Gasteiger partial charge in [-0.2, -0.15) is 5.10 Å². The third kappa shape index (κ3) is 3.55. The molecule has 0 fully saturated rings. The molecule has 0 saturated heterocycles. The van der Waals surface area contributed by atoms with Gasteiger partial charge >= 0.3 is 0 Å². The normalized spacial score (nSPS) is 11.5. The van der Waals surface area contributed by atoms with Crippen LogP contribution in [0.5, 0.6) is 0 Å². The van der Waals surface area contributed by atoms with Crippen molar-refractivity contribution in [3.05, 3.63) is 35.5 Å². The van der Waals surface area contributed by atoms with Crippen LogP contribution in [-0.2, 0) is 22.9 Å². The summed E-state index contributed by atoms with van der Waals surface area (Å²) in [7, 11) is -3.69. The molecule has 2 aromatic rings. The van der Waals surface area contributed by atoms with Gasteiger partial charge in [-0.15, -0.1) is 0 Å². The number of hydrogen-bond acceptors (Lipinski definition) is 4. The predicted octanol–water partition coefficient (Wildman–Crippen LogP) is 2.31. The zero-order valence-corrected chi connectivity index (χ0v) is 13.0. The molecule has 0 radical (unpaired) electrons. The number of anilines is 2. The number of H-pyrrole nitrogens is 1. The summed E-state index contributed by atoms with van der Waals surface area (Å²) in [5.74, 6) is 0.294. The molecule has 0 aliphatic carbocycles. The summed E-state index contributed by atoms with van der Waals surface area (Å²) in [5.41, 5.74) is 7.74. The average molecular weight is 308 g/mol. The molecule has 7 heteroatoms. The number of sulfonamides is 1. The minimum atomic E-state index is -3.69. The number of nitrogen functional groups attached to an aromatic ring is 1.